The standard InChI is InChI=1S/C19H29N3O/c1-3-4-12-22(2)19(23)17-13-18(15-20-14-17)21-11-10-16-8-6-5-7-9-16/h8,13-15,21H,3-7,9-12H2,1-2H3. The largest absolute Gasteiger partial charge is 0.383 e. The summed E-state index contributed by atoms with van der Waals surface area (Å²) in [7, 11) is 1.85. The highest BCUT2D eigenvalue weighted by molar-refractivity contribution is 5.94. The van der Waals surface area contributed by atoms with E-state index in [-0.39, 0.29) is 5.91 Å². The highest BCUT2D eigenvalue weighted by Gasteiger charge is 2.12. The molecule has 2 rings (SSSR count). The predicted molar refractivity (Wildman–Crippen MR) is 95.8 cm³/mol. The number of carbonyl (C=O) groups excluding carboxylic acids is 1. The zero-order chi connectivity index (χ0) is 16.5. The summed E-state index contributed by atoms with van der Waals surface area (Å²) in [5, 5.41) is 3.40. The van der Waals surface area contributed by atoms with Crippen LogP contribution in [0.1, 0.15) is 62.2 Å². The van der Waals surface area contributed by atoms with E-state index in [1.165, 1.54) is 25.7 Å². The van der Waals surface area contributed by atoms with Crippen molar-refractivity contribution in [3.63, 3.8) is 0 Å². The molecule has 0 aromatic carbocycles. The molecule has 1 heterocycles. The van der Waals surface area contributed by atoms with Crippen molar-refractivity contribution in [3.8, 4) is 0 Å². The van der Waals surface area contributed by atoms with Crippen molar-refractivity contribution >= 4 is 11.6 Å². The van der Waals surface area contributed by atoms with Crippen LogP contribution in [0, 0.1) is 0 Å². The van der Waals surface area contributed by atoms with Gasteiger partial charge in [-0.3, -0.25) is 9.78 Å². The zero-order valence-electron chi connectivity index (χ0n) is 14.5. The topological polar surface area (TPSA) is 45.2 Å². The fourth-order valence-electron chi connectivity index (χ4n) is 2.87. The van der Waals surface area contributed by atoms with Crippen LogP contribution in [0.3, 0.4) is 0 Å². The molecule has 0 fully saturated rings. The van der Waals surface area contributed by atoms with Crippen molar-refractivity contribution in [3.05, 3.63) is 35.7 Å². The van der Waals surface area contributed by atoms with Crippen LogP contribution in [0.4, 0.5) is 5.69 Å². The summed E-state index contributed by atoms with van der Waals surface area (Å²) >= 11 is 0. The second-order valence-electron chi connectivity index (χ2n) is 6.33. The molecule has 4 nitrogen and oxygen atoms in total. The molecule has 0 saturated heterocycles. The number of hydrogen-bond donors (Lipinski definition) is 1. The summed E-state index contributed by atoms with van der Waals surface area (Å²) in [5.41, 5.74) is 3.14. The molecule has 1 aromatic rings. The van der Waals surface area contributed by atoms with Gasteiger partial charge in [0.15, 0.2) is 0 Å². The molecule has 0 aliphatic heterocycles. The second kappa shape index (κ2) is 9.33. The van der Waals surface area contributed by atoms with Gasteiger partial charge in [-0.15, -0.1) is 0 Å². The Bertz CT molecular complexity index is 539. The lowest BCUT2D eigenvalue weighted by molar-refractivity contribution is 0.0793. The first-order chi connectivity index (χ1) is 11.2. The maximum Gasteiger partial charge on any atom is 0.255 e. The summed E-state index contributed by atoms with van der Waals surface area (Å²) in [5.74, 6) is 0.0459. The normalized spacial score (nSPS) is 14.3. The Morgan fingerprint density at radius 1 is 1.35 bits per heavy atom. The van der Waals surface area contributed by atoms with Crippen LogP contribution in [0.15, 0.2) is 30.1 Å². The number of nitrogens with one attached hydrogen (secondary N) is 1. The van der Waals surface area contributed by atoms with E-state index in [0.717, 1.165) is 38.0 Å². The SMILES string of the molecule is CCCCN(C)C(=O)c1cncc(NCCC2=CCCCC2)c1. The number of aromatic nitrogens is 1. The third kappa shape index (κ3) is 5.70. The quantitative estimate of drug-likeness (QED) is 0.729. The zero-order valence-corrected chi connectivity index (χ0v) is 14.5. The molecule has 1 N–H and O–H groups in total. The van der Waals surface area contributed by atoms with Crippen molar-refractivity contribution in [2.75, 3.05) is 25.5 Å². The van der Waals surface area contributed by atoms with E-state index in [9.17, 15) is 4.79 Å². The van der Waals surface area contributed by atoms with E-state index in [4.69, 9.17) is 0 Å². The molecule has 23 heavy (non-hydrogen) atoms. The number of nitrogens with zero attached hydrogens (tertiary/aromatic N) is 2. The number of unbranched alkanes of at least 4 members (excludes halogenated alkanes) is 1. The van der Waals surface area contributed by atoms with Crippen LogP contribution < -0.4 is 5.32 Å². The fraction of sp³-hybridized carbons (Fsp3) is 0.579. The van der Waals surface area contributed by atoms with Crippen molar-refractivity contribution in [1.29, 1.82) is 0 Å². The fourth-order valence-corrected chi connectivity index (χ4v) is 2.87. The number of amides is 1. The van der Waals surface area contributed by atoms with Gasteiger partial charge in [-0.1, -0.05) is 25.0 Å². The Morgan fingerprint density at radius 2 is 2.22 bits per heavy atom. The monoisotopic (exact) mass is 315 g/mol. The van der Waals surface area contributed by atoms with Gasteiger partial charge in [0.25, 0.3) is 5.91 Å². The van der Waals surface area contributed by atoms with Crippen LogP contribution >= 0.6 is 0 Å². The first kappa shape index (κ1) is 17.5. The Labute approximate surface area is 140 Å². The Hall–Kier alpha value is -1.84. The molecule has 0 atom stereocenters. The number of allylic oxidation sites excluding steroid dienone is 1. The highest BCUT2D eigenvalue weighted by Crippen LogP contribution is 2.20. The van der Waals surface area contributed by atoms with Gasteiger partial charge in [-0.2, -0.15) is 0 Å². The molecule has 126 valence electrons. The molecule has 0 saturated carbocycles. The van der Waals surface area contributed by atoms with Gasteiger partial charge in [-0.05, 0) is 44.6 Å². The Balaban J connectivity index is 1.86. The van der Waals surface area contributed by atoms with Crippen LogP contribution in [-0.4, -0.2) is 35.9 Å². The van der Waals surface area contributed by atoms with E-state index >= 15 is 0 Å². The predicted octanol–water partition coefficient (Wildman–Crippen LogP) is 4.26. The van der Waals surface area contributed by atoms with Crippen molar-refractivity contribution in [1.82, 2.24) is 9.88 Å². The number of carbonyl (C=O) groups is 1. The molecule has 4 heteroatoms. The minimum atomic E-state index is 0.0459. The summed E-state index contributed by atoms with van der Waals surface area (Å²) in [4.78, 5) is 18.4. The van der Waals surface area contributed by atoms with Crippen molar-refractivity contribution in [2.24, 2.45) is 0 Å². The second-order valence-corrected chi connectivity index (χ2v) is 6.33. The molecule has 0 bridgehead atoms. The lowest BCUT2D eigenvalue weighted by Gasteiger charge is -2.17. The van der Waals surface area contributed by atoms with E-state index in [2.05, 4.69) is 23.3 Å². The number of rotatable bonds is 8. The third-order valence-electron chi connectivity index (χ3n) is 4.34. The molecule has 0 unspecified atom stereocenters. The smallest absolute Gasteiger partial charge is 0.255 e. The van der Waals surface area contributed by atoms with E-state index in [1.807, 2.05) is 13.1 Å². The summed E-state index contributed by atoms with van der Waals surface area (Å²) in [6.45, 7) is 3.82. The maximum atomic E-state index is 12.4. The lowest BCUT2D eigenvalue weighted by atomic mass is 9.97. The number of pyridine rings is 1. The summed E-state index contributed by atoms with van der Waals surface area (Å²) in [6, 6.07) is 1.91. The van der Waals surface area contributed by atoms with E-state index in [0.29, 0.717) is 5.56 Å². The molecule has 1 aliphatic carbocycles. The van der Waals surface area contributed by atoms with Crippen LogP contribution in [0.2, 0.25) is 0 Å². The van der Waals surface area contributed by atoms with Gasteiger partial charge in [-0.25, -0.2) is 0 Å². The van der Waals surface area contributed by atoms with Gasteiger partial charge < -0.3 is 10.2 Å². The van der Waals surface area contributed by atoms with Gasteiger partial charge in [0.2, 0.25) is 0 Å². The van der Waals surface area contributed by atoms with Crippen molar-refractivity contribution < 1.29 is 4.79 Å². The van der Waals surface area contributed by atoms with Crippen LogP contribution in [0.25, 0.3) is 0 Å². The van der Waals surface area contributed by atoms with Gasteiger partial charge in [0.1, 0.15) is 0 Å². The maximum absolute atomic E-state index is 12.4. The van der Waals surface area contributed by atoms with Gasteiger partial charge in [0, 0.05) is 32.5 Å². The Morgan fingerprint density at radius 3 is 2.96 bits per heavy atom. The molecule has 1 amide bonds. The number of hydrogen-bond acceptors (Lipinski definition) is 3. The molecule has 0 spiro atoms. The first-order valence-corrected chi connectivity index (χ1v) is 8.83. The molecular weight excluding hydrogens is 286 g/mol. The minimum Gasteiger partial charge on any atom is -0.383 e. The summed E-state index contributed by atoms with van der Waals surface area (Å²) < 4.78 is 0. The van der Waals surface area contributed by atoms with E-state index in [1.54, 1.807) is 22.9 Å². The van der Waals surface area contributed by atoms with Crippen LogP contribution in [0.5, 0.6) is 0 Å². The first-order valence-electron chi connectivity index (χ1n) is 8.83. The van der Waals surface area contributed by atoms with Gasteiger partial charge >= 0.3 is 0 Å². The molecule has 0 radical (unpaired) electrons. The van der Waals surface area contributed by atoms with Crippen molar-refractivity contribution in [2.45, 2.75) is 51.9 Å². The molecular formula is C19H29N3O. The number of anilines is 1. The minimum absolute atomic E-state index is 0.0459. The molecule has 1 aliphatic rings. The lowest BCUT2D eigenvalue weighted by Crippen LogP contribution is -2.27. The Kier molecular flexibility index (Phi) is 7.11. The average molecular weight is 315 g/mol. The third-order valence-corrected chi connectivity index (χ3v) is 4.34. The average Bonchev–Trinajstić information content (AvgIpc) is 2.60. The van der Waals surface area contributed by atoms with Crippen LogP contribution in [-0.2, 0) is 0 Å². The highest BCUT2D eigenvalue weighted by atomic mass is 16.2. The van der Waals surface area contributed by atoms with Gasteiger partial charge in [0.05, 0.1) is 11.3 Å². The van der Waals surface area contributed by atoms with E-state index < -0.39 is 0 Å². The summed E-state index contributed by atoms with van der Waals surface area (Å²) in [6.07, 6.45) is 14.1. The molecule has 1 aromatic heterocycles.